The minimum absolute atomic E-state index is 0.241. The molecule has 1 unspecified atom stereocenters. The van der Waals surface area contributed by atoms with Crippen LogP contribution in [0.1, 0.15) is 31.9 Å². The molecule has 4 heteroatoms. The molecule has 1 N–H and O–H groups in total. The van der Waals surface area contributed by atoms with Crippen LogP contribution >= 0.6 is 11.3 Å². The van der Waals surface area contributed by atoms with Crippen molar-refractivity contribution in [3.05, 3.63) is 23.5 Å². The minimum Gasteiger partial charge on any atom is -0.393 e. The Bertz CT molecular complexity index is 392. The van der Waals surface area contributed by atoms with E-state index in [0.29, 0.717) is 6.42 Å². The largest absolute Gasteiger partial charge is 0.393 e. The number of fused-ring (bicyclic) bond motifs is 1. The van der Waals surface area contributed by atoms with Gasteiger partial charge in [0.25, 0.3) is 0 Å². The van der Waals surface area contributed by atoms with E-state index in [-0.39, 0.29) is 6.10 Å². The number of aliphatic hydroxyl groups excluding tert-OH is 1. The normalized spacial score (nSPS) is 13.5. The lowest BCUT2D eigenvalue weighted by Crippen LogP contribution is -2.10. The summed E-state index contributed by atoms with van der Waals surface area (Å²) in [5, 5.41) is 11.8. The van der Waals surface area contributed by atoms with Gasteiger partial charge in [-0.1, -0.05) is 19.8 Å². The number of aliphatic hydroxyl groups is 1. The highest BCUT2D eigenvalue weighted by Crippen LogP contribution is 2.13. The summed E-state index contributed by atoms with van der Waals surface area (Å²) in [6.45, 7) is 2.14. The maximum absolute atomic E-state index is 9.75. The fraction of sp³-hybridized carbons (Fsp3) is 0.545. The van der Waals surface area contributed by atoms with Gasteiger partial charge in [0, 0.05) is 24.2 Å². The van der Waals surface area contributed by atoms with Crippen LogP contribution in [-0.2, 0) is 6.42 Å². The quantitative estimate of drug-likeness (QED) is 0.847. The second-order valence-electron chi connectivity index (χ2n) is 3.83. The summed E-state index contributed by atoms with van der Waals surface area (Å²) < 4.78 is 2.01. The first-order chi connectivity index (χ1) is 7.29. The third kappa shape index (κ3) is 2.58. The number of thiazole rings is 1. The Hall–Kier alpha value is -0.870. The third-order valence-electron chi connectivity index (χ3n) is 2.48. The molecule has 0 spiro atoms. The number of aromatic nitrogens is 2. The second kappa shape index (κ2) is 4.77. The van der Waals surface area contributed by atoms with Crippen LogP contribution in [0.2, 0.25) is 0 Å². The van der Waals surface area contributed by atoms with Crippen molar-refractivity contribution < 1.29 is 5.11 Å². The predicted octanol–water partition coefficient (Wildman–Crippen LogP) is 2.49. The van der Waals surface area contributed by atoms with E-state index in [4.69, 9.17) is 0 Å². The van der Waals surface area contributed by atoms with Gasteiger partial charge in [0.05, 0.1) is 11.8 Å². The Morgan fingerprint density at radius 2 is 2.47 bits per heavy atom. The fourth-order valence-corrected chi connectivity index (χ4v) is 2.38. The van der Waals surface area contributed by atoms with Gasteiger partial charge in [-0.05, 0) is 6.42 Å². The lowest BCUT2D eigenvalue weighted by atomic mass is 10.1. The molecule has 0 saturated heterocycles. The SMILES string of the molecule is CCCCC(O)Cc1cn2ccsc2n1. The number of imidazole rings is 1. The van der Waals surface area contributed by atoms with Gasteiger partial charge < -0.3 is 5.11 Å². The topological polar surface area (TPSA) is 37.5 Å². The molecule has 0 amide bonds. The maximum atomic E-state index is 9.75. The highest BCUT2D eigenvalue weighted by atomic mass is 32.1. The van der Waals surface area contributed by atoms with Crippen LogP contribution in [0.25, 0.3) is 4.96 Å². The van der Waals surface area contributed by atoms with E-state index >= 15 is 0 Å². The predicted molar refractivity (Wildman–Crippen MR) is 62.3 cm³/mol. The van der Waals surface area contributed by atoms with Gasteiger partial charge in [-0.15, -0.1) is 11.3 Å². The van der Waals surface area contributed by atoms with Crippen molar-refractivity contribution in [1.29, 1.82) is 0 Å². The van der Waals surface area contributed by atoms with Crippen molar-refractivity contribution in [3.8, 4) is 0 Å². The second-order valence-corrected chi connectivity index (χ2v) is 4.70. The molecule has 0 radical (unpaired) electrons. The Morgan fingerprint density at radius 1 is 1.60 bits per heavy atom. The van der Waals surface area contributed by atoms with E-state index in [0.717, 1.165) is 29.9 Å². The molecular formula is C11H16N2OS. The summed E-state index contributed by atoms with van der Waals surface area (Å²) in [6.07, 6.45) is 7.53. The van der Waals surface area contributed by atoms with E-state index < -0.39 is 0 Å². The Labute approximate surface area is 93.4 Å². The Balaban J connectivity index is 1.96. The third-order valence-corrected chi connectivity index (χ3v) is 3.25. The van der Waals surface area contributed by atoms with Gasteiger partial charge in [-0.3, -0.25) is 4.40 Å². The number of nitrogens with zero attached hydrogens (tertiary/aromatic N) is 2. The molecule has 2 aromatic rings. The van der Waals surface area contributed by atoms with Gasteiger partial charge in [0.1, 0.15) is 0 Å². The van der Waals surface area contributed by atoms with Crippen LogP contribution < -0.4 is 0 Å². The zero-order chi connectivity index (χ0) is 10.7. The lowest BCUT2D eigenvalue weighted by Gasteiger charge is -2.06. The van der Waals surface area contributed by atoms with Gasteiger partial charge in [-0.25, -0.2) is 4.98 Å². The Morgan fingerprint density at radius 3 is 3.20 bits per heavy atom. The highest BCUT2D eigenvalue weighted by molar-refractivity contribution is 7.15. The molecule has 0 bridgehead atoms. The first kappa shape index (κ1) is 10.6. The van der Waals surface area contributed by atoms with Crippen LogP contribution in [0.4, 0.5) is 0 Å². The van der Waals surface area contributed by atoms with Crippen LogP contribution in [0, 0.1) is 0 Å². The fourth-order valence-electron chi connectivity index (χ4n) is 1.66. The van der Waals surface area contributed by atoms with Crippen molar-refractivity contribution in [2.75, 3.05) is 0 Å². The Kier molecular flexibility index (Phi) is 3.38. The van der Waals surface area contributed by atoms with Gasteiger partial charge in [0.15, 0.2) is 4.96 Å². The zero-order valence-electron chi connectivity index (χ0n) is 8.89. The lowest BCUT2D eigenvalue weighted by molar-refractivity contribution is 0.161. The first-order valence-corrected chi connectivity index (χ1v) is 6.26. The molecule has 15 heavy (non-hydrogen) atoms. The van der Waals surface area contributed by atoms with Crippen LogP contribution in [0.5, 0.6) is 0 Å². The van der Waals surface area contributed by atoms with Crippen molar-refractivity contribution in [3.63, 3.8) is 0 Å². The molecule has 2 heterocycles. The number of unbranched alkanes of at least 4 members (excludes halogenated alkanes) is 1. The van der Waals surface area contributed by atoms with Crippen molar-refractivity contribution in [2.24, 2.45) is 0 Å². The molecular weight excluding hydrogens is 208 g/mol. The van der Waals surface area contributed by atoms with E-state index in [9.17, 15) is 5.11 Å². The number of hydrogen-bond acceptors (Lipinski definition) is 3. The van der Waals surface area contributed by atoms with Gasteiger partial charge in [0.2, 0.25) is 0 Å². The number of rotatable bonds is 5. The van der Waals surface area contributed by atoms with Crippen molar-refractivity contribution in [1.82, 2.24) is 9.38 Å². The van der Waals surface area contributed by atoms with E-state index in [1.165, 1.54) is 0 Å². The van der Waals surface area contributed by atoms with E-state index in [2.05, 4.69) is 11.9 Å². The summed E-state index contributed by atoms with van der Waals surface area (Å²) in [5.41, 5.74) is 0.991. The minimum atomic E-state index is -0.241. The summed E-state index contributed by atoms with van der Waals surface area (Å²) in [4.78, 5) is 5.45. The molecule has 0 aliphatic heterocycles. The monoisotopic (exact) mass is 224 g/mol. The molecule has 2 aromatic heterocycles. The van der Waals surface area contributed by atoms with Gasteiger partial charge >= 0.3 is 0 Å². The molecule has 3 nitrogen and oxygen atoms in total. The van der Waals surface area contributed by atoms with Crippen LogP contribution in [0.3, 0.4) is 0 Å². The molecule has 0 aliphatic rings. The summed E-state index contributed by atoms with van der Waals surface area (Å²) in [7, 11) is 0. The molecule has 0 fully saturated rings. The molecule has 0 saturated carbocycles. The van der Waals surface area contributed by atoms with Crippen molar-refractivity contribution >= 4 is 16.3 Å². The zero-order valence-corrected chi connectivity index (χ0v) is 9.70. The molecule has 1 atom stereocenters. The average Bonchev–Trinajstić information content (AvgIpc) is 2.74. The standard InChI is InChI=1S/C11H16N2OS/c1-2-3-4-10(14)7-9-8-13-5-6-15-11(13)12-9/h5-6,8,10,14H,2-4,7H2,1H3. The average molecular weight is 224 g/mol. The highest BCUT2D eigenvalue weighted by Gasteiger charge is 2.08. The maximum Gasteiger partial charge on any atom is 0.193 e. The van der Waals surface area contributed by atoms with Crippen molar-refractivity contribution in [2.45, 2.75) is 38.7 Å². The smallest absolute Gasteiger partial charge is 0.193 e. The molecule has 0 aliphatic carbocycles. The summed E-state index contributed by atoms with van der Waals surface area (Å²) in [6, 6.07) is 0. The van der Waals surface area contributed by atoms with E-state index in [1.54, 1.807) is 11.3 Å². The molecule has 2 rings (SSSR count). The summed E-state index contributed by atoms with van der Waals surface area (Å²) in [5.74, 6) is 0. The van der Waals surface area contributed by atoms with Crippen LogP contribution in [-0.4, -0.2) is 20.6 Å². The first-order valence-electron chi connectivity index (χ1n) is 5.38. The molecule has 0 aromatic carbocycles. The number of hydrogen-bond donors (Lipinski definition) is 1. The van der Waals surface area contributed by atoms with Crippen LogP contribution in [0.15, 0.2) is 17.8 Å². The summed E-state index contributed by atoms with van der Waals surface area (Å²) >= 11 is 1.62. The van der Waals surface area contributed by atoms with Gasteiger partial charge in [-0.2, -0.15) is 0 Å². The van der Waals surface area contributed by atoms with E-state index in [1.807, 2.05) is 22.2 Å². The molecule has 82 valence electrons.